The van der Waals surface area contributed by atoms with Crippen molar-refractivity contribution < 1.29 is 4.74 Å². The quantitative estimate of drug-likeness (QED) is 0.716. The van der Waals surface area contributed by atoms with Crippen LogP contribution in [-0.4, -0.2) is 43.3 Å². The van der Waals surface area contributed by atoms with Gasteiger partial charge in [-0.15, -0.1) is 0 Å². The van der Waals surface area contributed by atoms with E-state index in [2.05, 4.69) is 9.97 Å². The van der Waals surface area contributed by atoms with E-state index in [0.29, 0.717) is 31.2 Å². The number of anilines is 1. The summed E-state index contributed by atoms with van der Waals surface area (Å²) in [7, 11) is 3.47. The fourth-order valence-corrected chi connectivity index (χ4v) is 1.57. The Bertz CT molecular complexity index is 405. The number of aromatic amines is 1. The number of likely N-dealkylation sites (N-methyl/N-ethyl adjacent to an activating group) is 1. The van der Waals surface area contributed by atoms with Gasteiger partial charge in [-0.25, -0.2) is 4.98 Å². The molecule has 0 aliphatic carbocycles. The van der Waals surface area contributed by atoms with Gasteiger partial charge in [0.25, 0.3) is 5.56 Å². The zero-order valence-electron chi connectivity index (χ0n) is 10.6. The van der Waals surface area contributed by atoms with Crippen LogP contribution in [0.2, 0.25) is 0 Å². The van der Waals surface area contributed by atoms with Crippen molar-refractivity contribution >= 4 is 5.82 Å². The van der Waals surface area contributed by atoms with Crippen molar-refractivity contribution in [2.24, 2.45) is 5.73 Å². The Balaban J connectivity index is 2.77. The van der Waals surface area contributed by atoms with Crippen LogP contribution in [0.15, 0.2) is 10.9 Å². The molecule has 1 aromatic heterocycles. The average Bonchev–Trinajstić information content (AvgIpc) is 2.28. The number of hydrogen-bond acceptors (Lipinski definition) is 5. The van der Waals surface area contributed by atoms with E-state index in [1.54, 1.807) is 7.11 Å². The summed E-state index contributed by atoms with van der Waals surface area (Å²) in [5.41, 5.74) is 5.71. The van der Waals surface area contributed by atoms with Crippen LogP contribution in [0.25, 0.3) is 0 Å². The summed E-state index contributed by atoms with van der Waals surface area (Å²) < 4.78 is 4.97. The van der Waals surface area contributed by atoms with Crippen molar-refractivity contribution in [1.82, 2.24) is 9.97 Å². The van der Waals surface area contributed by atoms with E-state index >= 15 is 0 Å². The van der Waals surface area contributed by atoms with Crippen molar-refractivity contribution in [3.05, 3.63) is 22.2 Å². The van der Waals surface area contributed by atoms with Crippen molar-refractivity contribution in [2.45, 2.75) is 19.4 Å². The first-order valence-electron chi connectivity index (χ1n) is 5.62. The molecule has 0 aliphatic rings. The highest BCUT2D eigenvalue weighted by molar-refractivity contribution is 5.36. The average molecular weight is 240 g/mol. The molecule has 0 amide bonds. The van der Waals surface area contributed by atoms with E-state index in [0.717, 1.165) is 0 Å². The second kappa shape index (κ2) is 6.36. The van der Waals surface area contributed by atoms with Crippen LogP contribution in [0.3, 0.4) is 0 Å². The smallest absolute Gasteiger partial charge is 0.252 e. The maximum absolute atomic E-state index is 11.4. The summed E-state index contributed by atoms with van der Waals surface area (Å²) in [6, 6.07) is 1.37. The Morgan fingerprint density at radius 1 is 1.65 bits per heavy atom. The molecular formula is C11H20N4O2. The number of hydrogen-bond donors (Lipinski definition) is 2. The molecule has 1 aromatic rings. The third kappa shape index (κ3) is 4.16. The molecule has 96 valence electrons. The van der Waals surface area contributed by atoms with Gasteiger partial charge in [-0.1, -0.05) is 6.92 Å². The molecular weight excluding hydrogens is 220 g/mol. The van der Waals surface area contributed by atoms with Crippen LogP contribution in [-0.2, 0) is 11.2 Å². The van der Waals surface area contributed by atoms with Crippen LogP contribution in [0.1, 0.15) is 12.7 Å². The molecule has 0 spiro atoms. The fourth-order valence-electron chi connectivity index (χ4n) is 1.57. The highest BCUT2D eigenvalue weighted by Crippen LogP contribution is 2.06. The fraction of sp³-hybridized carbons (Fsp3) is 0.636. The summed E-state index contributed by atoms with van der Waals surface area (Å²) in [6.07, 6.45) is 0.695. The molecule has 17 heavy (non-hydrogen) atoms. The van der Waals surface area contributed by atoms with E-state index in [1.165, 1.54) is 6.07 Å². The van der Waals surface area contributed by atoms with Gasteiger partial charge in [-0.05, 0) is 0 Å². The molecule has 3 N–H and O–H groups in total. The molecule has 1 heterocycles. The van der Waals surface area contributed by atoms with Gasteiger partial charge in [0.05, 0.1) is 6.61 Å². The number of ether oxygens (including phenoxy) is 1. The monoisotopic (exact) mass is 240 g/mol. The Kier molecular flexibility index (Phi) is 5.11. The summed E-state index contributed by atoms with van der Waals surface area (Å²) in [5, 5.41) is 0. The van der Waals surface area contributed by atoms with E-state index in [9.17, 15) is 4.79 Å². The molecule has 0 radical (unpaired) electrons. The lowest BCUT2D eigenvalue weighted by Gasteiger charge is -2.22. The highest BCUT2D eigenvalue weighted by Gasteiger charge is 2.10. The summed E-state index contributed by atoms with van der Waals surface area (Å²) >= 11 is 0. The summed E-state index contributed by atoms with van der Waals surface area (Å²) in [4.78, 5) is 20.3. The van der Waals surface area contributed by atoms with Crippen molar-refractivity contribution in [3.8, 4) is 0 Å². The topological polar surface area (TPSA) is 84.2 Å². The molecule has 6 nitrogen and oxygen atoms in total. The number of nitrogens with two attached hydrogens (primary N) is 1. The summed E-state index contributed by atoms with van der Waals surface area (Å²) in [5.74, 6) is 1.32. The SMILES string of the molecule is CCc1nc(N(C)CC(N)COC)cc(=O)[nH]1. The number of nitrogens with zero attached hydrogens (tertiary/aromatic N) is 2. The maximum atomic E-state index is 11.4. The second-order valence-electron chi connectivity index (χ2n) is 4.00. The first-order valence-corrected chi connectivity index (χ1v) is 5.62. The lowest BCUT2D eigenvalue weighted by molar-refractivity contribution is 0.181. The van der Waals surface area contributed by atoms with Crippen LogP contribution < -0.4 is 16.2 Å². The van der Waals surface area contributed by atoms with Crippen molar-refractivity contribution in [1.29, 1.82) is 0 Å². The largest absolute Gasteiger partial charge is 0.383 e. The first kappa shape index (κ1) is 13.7. The molecule has 0 aliphatic heterocycles. The minimum atomic E-state index is -0.140. The van der Waals surface area contributed by atoms with Crippen LogP contribution >= 0.6 is 0 Å². The third-order valence-corrected chi connectivity index (χ3v) is 2.39. The molecule has 0 saturated heterocycles. The standard InChI is InChI=1S/C11H20N4O2/c1-4-9-13-10(5-11(16)14-9)15(2)6-8(12)7-17-3/h5,8H,4,6-7,12H2,1-3H3,(H,13,14,16). The van der Waals surface area contributed by atoms with Crippen molar-refractivity contribution in [2.75, 3.05) is 32.2 Å². The predicted octanol–water partition coefficient (Wildman–Crippen LogP) is -0.258. The maximum Gasteiger partial charge on any atom is 0.252 e. The van der Waals surface area contributed by atoms with E-state index in [-0.39, 0.29) is 11.6 Å². The predicted molar refractivity (Wildman–Crippen MR) is 67.4 cm³/mol. The lowest BCUT2D eigenvalue weighted by atomic mass is 10.3. The van der Waals surface area contributed by atoms with E-state index in [1.807, 2.05) is 18.9 Å². The summed E-state index contributed by atoms with van der Waals surface area (Å²) in [6.45, 7) is 3.01. The lowest BCUT2D eigenvalue weighted by Crippen LogP contribution is -2.39. The number of aryl methyl sites for hydroxylation is 1. The van der Waals surface area contributed by atoms with Gasteiger partial charge in [0.1, 0.15) is 11.6 Å². The molecule has 1 atom stereocenters. The van der Waals surface area contributed by atoms with Gasteiger partial charge in [0.2, 0.25) is 0 Å². The van der Waals surface area contributed by atoms with Crippen LogP contribution in [0.5, 0.6) is 0 Å². The van der Waals surface area contributed by atoms with Gasteiger partial charge in [0.15, 0.2) is 0 Å². The molecule has 6 heteroatoms. The second-order valence-corrected chi connectivity index (χ2v) is 4.00. The third-order valence-electron chi connectivity index (χ3n) is 2.39. The molecule has 0 bridgehead atoms. The Morgan fingerprint density at radius 3 is 2.94 bits per heavy atom. The Morgan fingerprint density at radius 2 is 2.35 bits per heavy atom. The minimum Gasteiger partial charge on any atom is -0.383 e. The van der Waals surface area contributed by atoms with Gasteiger partial charge in [0, 0.05) is 39.2 Å². The van der Waals surface area contributed by atoms with Gasteiger partial charge in [-0.2, -0.15) is 0 Å². The zero-order valence-corrected chi connectivity index (χ0v) is 10.6. The van der Waals surface area contributed by atoms with E-state index in [4.69, 9.17) is 10.5 Å². The number of nitrogens with one attached hydrogen (secondary N) is 1. The molecule has 1 unspecified atom stereocenters. The molecule has 0 fully saturated rings. The number of H-pyrrole nitrogens is 1. The van der Waals surface area contributed by atoms with Crippen molar-refractivity contribution in [3.63, 3.8) is 0 Å². The highest BCUT2D eigenvalue weighted by atomic mass is 16.5. The zero-order chi connectivity index (χ0) is 12.8. The molecule has 0 aromatic carbocycles. The Hall–Kier alpha value is -1.40. The minimum absolute atomic E-state index is 0.101. The first-order chi connectivity index (χ1) is 8.06. The number of rotatable bonds is 6. The normalized spacial score (nSPS) is 12.5. The number of aromatic nitrogens is 2. The Labute approximate surface area is 101 Å². The van der Waals surface area contributed by atoms with Gasteiger partial charge < -0.3 is 20.4 Å². The van der Waals surface area contributed by atoms with Gasteiger partial charge in [-0.3, -0.25) is 4.79 Å². The molecule has 1 rings (SSSR count). The van der Waals surface area contributed by atoms with Gasteiger partial charge >= 0.3 is 0 Å². The van der Waals surface area contributed by atoms with Crippen LogP contribution in [0.4, 0.5) is 5.82 Å². The van der Waals surface area contributed by atoms with E-state index < -0.39 is 0 Å². The number of methoxy groups -OCH3 is 1. The molecule has 0 saturated carbocycles. The van der Waals surface area contributed by atoms with Crippen LogP contribution in [0, 0.1) is 0 Å².